The van der Waals surface area contributed by atoms with Crippen LogP contribution in [0.4, 0.5) is 4.79 Å². The van der Waals surface area contributed by atoms with Crippen molar-refractivity contribution in [2.75, 3.05) is 0 Å². The van der Waals surface area contributed by atoms with E-state index < -0.39 is 6.09 Å². The van der Waals surface area contributed by atoms with Crippen molar-refractivity contribution in [3.8, 4) is 0 Å². The lowest BCUT2D eigenvalue weighted by Gasteiger charge is -2.08. The van der Waals surface area contributed by atoms with Gasteiger partial charge in [0.1, 0.15) is 12.1 Å². The van der Waals surface area contributed by atoms with Crippen LogP contribution in [0.15, 0.2) is 64.6 Å². The predicted octanol–water partition coefficient (Wildman–Crippen LogP) is 5.28. The van der Waals surface area contributed by atoms with Crippen molar-refractivity contribution in [2.24, 2.45) is 0 Å². The fourth-order valence-electron chi connectivity index (χ4n) is 2.57. The number of carbonyl (C=O) groups is 1. The molecular formula is C20H17N3O2S2. The van der Waals surface area contributed by atoms with Gasteiger partial charge in [0.2, 0.25) is 0 Å². The van der Waals surface area contributed by atoms with Crippen LogP contribution in [0.5, 0.6) is 0 Å². The molecule has 0 aliphatic rings. The van der Waals surface area contributed by atoms with Gasteiger partial charge in [0.05, 0.1) is 11.2 Å². The molecule has 0 saturated carbocycles. The molecule has 4 aromatic rings. The topological polar surface area (TPSA) is 57.0 Å². The van der Waals surface area contributed by atoms with Crippen molar-refractivity contribution >= 4 is 40.2 Å². The van der Waals surface area contributed by atoms with Gasteiger partial charge in [-0.2, -0.15) is 0 Å². The maximum atomic E-state index is 12.7. The maximum Gasteiger partial charge on any atom is 0.421 e. The van der Waals surface area contributed by atoms with Crippen LogP contribution >= 0.6 is 23.1 Å². The second-order valence-corrected chi connectivity index (χ2v) is 7.71. The first kappa shape index (κ1) is 17.8. The minimum atomic E-state index is -0.417. The highest BCUT2D eigenvalue weighted by Gasteiger charge is 2.19. The minimum absolute atomic E-state index is 0.229. The zero-order chi connectivity index (χ0) is 18.6. The van der Waals surface area contributed by atoms with Gasteiger partial charge in [-0.25, -0.2) is 14.3 Å². The predicted molar refractivity (Wildman–Crippen MR) is 108 cm³/mol. The van der Waals surface area contributed by atoms with Crippen LogP contribution in [0.25, 0.3) is 11.0 Å². The number of pyridine rings is 1. The zero-order valence-electron chi connectivity index (χ0n) is 14.7. The highest BCUT2D eigenvalue weighted by atomic mass is 32.2. The minimum Gasteiger partial charge on any atom is -0.444 e. The van der Waals surface area contributed by atoms with Gasteiger partial charge < -0.3 is 4.74 Å². The molecule has 0 bridgehead atoms. The summed E-state index contributed by atoms with van der Waals surface area (Å²) in [6.07, 6.45) is 1.42. The number of carbonyl (C=O) groups excluding carboxylic acids is 1. The highest BCUT2D eigenvalue weighted by molar-refractivity contribution is 7.98. The van der Waals surface area contributed by atoms with E-state index in [-0.39, 0.29) is 6.61 Å². The van der Waals surface area contributed by atoms with Crippen molar-refractivity contribution in [3.63, 3.8) is 0 Å². The molecule has 1 aromatic carbocycles. The maximum absolute atomic E-state index is 12.7. The summed E-state index contributed by atoms with van der Waals surface area (Å²) in [5.74, 6) is 0.634. The normalized spacial score (nSPS) is 11.0. The van der Waals surface area contributed by atoms with E-state index in [0.717, 1.165) is 27.9 Å². The number of aromatic nitrogens is 3. The molecule has 7 heteroatoms. The molecule has 4 rings (SSSR count). The quantitative estimate of drug-likeness (QED) is 0.430. The van der Waals surface area contributed by atoms with Gasteiger partial charge in [0.25, 0.3) is 0 Å². The van der Waals surface area contributed by atoms with Gasteiger partial charge in [0.15, 0.2) is 5.16 Å². The molecule has 0 fully saturated rings. The van der Waals surface area contributed by atoms with Gasteiger partial charge in [-0.3, -0.25) is 4.98 Å². The highest BCUT2D eigenvalue weighted by Crippen LogP contribution is 2.28. The average Bonchev–Trinajstić information content (AvgIpc) is 3.27. The summed E-state index contributed by atoms with van der Waals surface area (Å²) in [6, 6.07) is 13.7. The van der Waals surface area contributed by atoms with E-state index in [4.69, 9.17) is 4.74 Å². The third-order valence-electron chi connectivity index (χ3n) is 3.98. The van der Waals surface area contributed by atoms with Gasteiger partial charge in [-0.1, -0.05) is 48.2 Å². The molecule has 0 amide bonds. The van der Waals surface area contributed by atoms with E-state index in [1.165, 1.54) is 23.1 Å². The number of fused-ring (bicyclic) bond motifs is 1. The van der Waals surface area contributed by atoms with Gasteiger partial charge in [-0.05, 0) is 24.1 Å². The Labute approximate surface area is 165 Å². The smallest absolute Gasteiger partial charge is 0.421 e. The van der Waals surface area contributed by atoms with Crippen LogP contribution in [0.2, 0.25) is 0 Å². The van der Waals surface area contributed by atoms with Crippen LogP contribution in [0, 0.1) is 6.92 Å². The third kappa shape index (κ3) is 4.04. The molecule has 3 heterocycles. The summed E-state index contributed by atoms with van der Waals surface area (Å²) in [4.78, 5) is 21.7. The Hall–Kier alpha value is -2.64. The molecule has 0 aliphatic heterocycles. The Bertz CT molecular complexity index is 1060. The van der Waals surface area contributed by atoms with Gasteiger partial charge in [0, 0.05) is 22.7 Å². The summed E-state index contributed by atoms with van der Waals surface area (Å²) >= 11 is 3.00. The fraction of sp³-hybridized carbons (Fsp3) is 0.150. The third-order valence-corrected chi connectivity index (χ3v) is 5.67. The number of benzene rings is 1. The largest absolute Gasteiger partial charge is 0.444 e. The number of imidazole rings is 1. The molecule has 0 N–H and O–H groups in total. The second-order valence-electron chi connectivity index (χ2n) is 6.03. The standard InChI is InChI=1S/C20H17N3O2S2/c1-14-7-8-16(21-9-14)11-27-19-22-17-12-26-13-18(17)23(19)20(24)25-10-15-5-3-2-4-6-15/h2-9,12-13H,10-11H2,1H3. The van der Waals surface area contributed by atoms with Crippen LogP contribution < -0.4 is 0 Å². The molecule has 136 valence electrons. The van der Waals surface area contributed by atoms with E-state index >= 15 is 0 Å². The van der Waals surface area contributed by atoms with Crippen LogP contribution in [0.1, 0.15) is 16.8 Å². The Balaban J connectivity index is 1.53. The zero-order valence-corrected chi connectivity index (χ0v) is 16.3. The lowest BCUT2D eigenvalue weighted by molar-refractivity contribution is 0.140. The summed E-state index contributed by atoms with van der Waals surface area (Å²) in [6.45, 7) is 2.24. The van der Waals surface area contributed by atoms with Gasteiger partial charge in [-0.15, -0.1) is 11.3 Å². The monoisotopic (exact) mass is 395 g/mol. The van der Waals surface area contributed by atoms with Crippen LogP contribution in [-0.2, 0) is 17.1 Å². The molecule has 0 spiro atoms. The average molecular weight is 396 g/mol. The van der Waals surface area contributed by atoms with Crippen molar-refractivity contribution in [3.05, 3.63) is 76.2 Å². The molecule has 0 saturated heterocycles. The van der Waals surface area contributed by atoms with Crippen LogP contribution in [-0.4, -0.2) is 20.6 Å². The molecule has 5 nitrogen and oxygen atoms in total. The number of rotatable bonds is 5. The summed E-state index contributed by atoms with van der Waals surface area (Å²) in [5, 5.41) is 4.47. The number of thioether (sulfide) groups is 1. The summed E-state index contributed by atoms with van der Waals surface area (Å²) in [7, 11) is 0. The molecule has 0 unspecified atom stereocenters. The van der Waals surface area contributed by atoms with Crippen LogP contribution in [0.3, 0.4) is 0 Å². The van der Waals surface area contributed by atoms with E-state index in [1.807, 2.05) is 66.3 Å². The molecular weight excluding hydrogens is 378 g/mol. The Morgan fingerprint density at radius 3 is 2.81 bits per heavy atom. The van der Waals surface area contributed by atoms with E-state index in [9.17, 15) is 4.79 Å². The van der Waals surface area contributed by atoms with E-state index in [0.29, 0.717) is 10.9 Å². The second kappa shape index (κ2) is 7.94. The Morgan fingerprint density at radius 1 is 1.19 bits per heavy atom. The van der Waals surface area contributed by atoms with E-state index in [2.05, 4.69) is 9.97 Å². The molecule has 0 radical (unpaired) electrons. The summed E-state index contributed by atoms with van der Waals surface area (Å²) in [5.41, 5.74) is 4.59. The first-order chi connectivity index (χ1) is 13.2. The molecule has 3 aromatic heterocycles. The number of ether oxygens (including phenoxy) is 1. The molecule has 0 atom stereocenters. The van der Waals surface area contributed by atoms with Crippen molar-refractivity contribution in [1.29, 1.82) is 0 Å². The first-order valence-corrected chi connectivity index (χ1v) is 10.3. The molecule has 27 heavy (non-hydrogen) atoms. The number of thiophene rings is 1. The van der Waals surface area contributed by atoms with Crippen molar-refractivity contribution in [2.45, 2.75) is 24.4 Å². The first-order valence-electron chi connectivity index (χ1n) is 8.41. The lowest BCUT2D eigenvalue weighted by Crippen LogP contribution is -2.14. The van der Waals surface area contributed by atoms with Crippen molar-refractivity contribution in [1.82, 2.24) is 14.5 Å². The number of hydrogen-bond donors (Lipinski definition) is 0. The number of nitrogens with zero attached hydrogens (tertiary/aromatic N) is 3. The van der Waals surface area contributed by atoms with Crippen molar-refractivity contribution < 1.29 is 9.53 Å². The SMILES string of the molecule is Cc1ccc(CSc2nc3cscc3n2C(=O)OCc2ccccc2)nc1. The lowest BCUT2D eigenvalue weighted by atomic mass is 10.2. The number of hydrogen-bond acceptors (Lipinski definition) is 6. The van der Waals surface area contributed by atoms with Gasteiger partial charge >= 0.3 is 6.09 Å². The Morgan fingerprint density at radius 2 is 2.04 bits per heavy atom. The fourth-order valence-corrected chi connectivity index (χ4v) is 4.21. The molecule has 0 aliphatic carbocycles. The summed E-state index contributed by atoms with van der Waals surface area (Å²) < 4.78 is 7.07. The van der Waals surface area contributed by atoms with E-state index in [1.54, 1.807) is 4.57 Å². The number of aryl methyl sites for hydroxylation is 1. The Kier molecular flexibility index (Phi) is 5.22.